The van der Waals surface area contributed by atoms with Crippen LogP contribution in [0, 0.1) is 12.3 Å². The fraction of sp³-hybridized carbons (Fsp3) is 0.588. The standard InChI is InChI=1S/C17H27N3O/c1-13-12-14(18)4-5-15(13)19-16(21)6-9-20-10-7-17(2,3)8-11-20/h4-5,12H,6-11,18H2,1-3H3,(H,19,21). The van der Waals surface area contributed by atoms with E-state index >= 15 is 0 Å². The first-order chi connectivity index (χ1) is 9.85. The Balaban J connectivity index is 1.78. The number of hydrogen-bond acceptors (Lipinski definition) is 3. The van der Waals surface area contributed by atoms with Crippen molar-refractivity contribution in [3.8, 4) is 0 Å². The Hall–Kier alpha value is -1.55. The van der Waals surface area contributed by atoms with E-state index in [0.717, 1.165) is 36.6 Å². The summed E-state index contributed by atoms with van der Waals surface area (Å²) >= 11 is 0. The molecule has 1 saturated heterocycles. The van der Waals surface area contributed by atoms with Crippen LogP contribution in [0.25, 0.3) is 0 Å². The molecular weight excluding hydrogens is 262 g/mol. The summed E-state index contributed by atoms with van der Waals surface area (Å²) in [6.45, 7) is 9.64. The lowest BCUT2D eigenvalue weighted by molar-refractivity contribution is -0.116. The first kappa shape index (κ1) is 15.8. The number of carbonyl (C=O) groups excluding carboxylic acids is 1. The molecule has 21 heavy (non-hydrogen) atoms. The van der Waals surface area contributed by atoms with Gasteiger partial charge in [-0.15, -0.1) is 0 Å². The highest BCUT2D eigenvalue weighted by Crippen LogP contribution is 2.29. The summed E-state index contributed by atoms with van der Waals surface area (Å²) in [5.74, 6) is 0.0766. The van der Waals surface area contributed by atoms with Gasteiger partial charge in [-0.05, 0) is 62.0 Å². The van der Waals surface area contributed by atoms with Crippen molar-refractivity contribution in [1.29, 1.82) is 0 Å². The fourth-order valence-electron chi connectivity index (χ4n) is 2.68. The summed E-state index contributed by atoms with van der Waals surface area (Å²) in [6.07, 6.45) is 2.97. The maximum absolute atomic E-state index is 12.1. The highest BCUT2D eigenvalue weighted by Gasteiger charge is 2.25. The Morgan fingerprint density at radius 2 is 2.00 bits per heavy atom. The molecule has 1 aliphatic rings. The molecule has 116 valence electrons. The van der Waals surface area contributed by atoms with Crippen molar-refractivity contribution in [1.82, 2.24) is 4.90 Å². The van der Waals surface area contributed by atoms with Crippen LogP contribution in [0.5, 0.6) is 0 Å². The average molecular weight is 289 g/mol. The Morgan fingerprint density at radius 1 is 1.33 bits per heavy atom. The average Bonchev–Trinajstić information content (AvgIpc) is 2.41. The predicted molar refractivity (Wildman–Crippen MR) is 88.3 cm³/mol. The van der Waals surface area contributed by atoms with Gasteiger partial charge >= 0.3 is 0 Å². The van der Waals surface area contributed by atoms with E-state index < -0.39 is 0 Å². The zero-order chi connectivity index (χ0) is 15.5. The van der Waals surface area contributed by atoms with Crippen molar-refractivity contribution in [3.05, 3.63) is 23.8 Å². The SMILES string of the molecule is Cc1cc(N)ccc1NC(=O)CCN1CCC(C)(C)CC1. The van der Waals surface area contributed by atoms with E-state index in [9.17, 15) is 4.79 Å². The number of anilines is 2. The minimum absolute atomic E-state index is 0.0766. The molecule has 4 heteroatoms. The van der Waals surface area contributed by atoms with E-state index in [1.165, 1.54) is 12.8 Å². The van der Waals surface area contributed by atoms with Gasteiger partial charge in [0.25, 0.3) is 0 Å². The molecule has 0 unspecified atom stereocenters. The molecule has 3 N–H and O–H groups in total. The maximum atomic E-state index is 12.1. The van der Waals surface area contributed by atoms with Crippen molar-refractivity contribution < 1.29 is 4.79 Å². The zero-order valence-electron chi connectivity index (χ0n) is 13.4. The number of nitrogens with zero attached hydrogens (tertiary/aromatic N) is 1. The Morgan fingerprint density at radius 3 is 2.62 bits per heavy atom. The van der Waals surface area contributed by atoms with Crippen LogP contribution in [-0.4, -0.2) is 30.4 Å². The molecule has 1 amide bonds. The summed E-state index contributed by atoms with van der Waals surface area (Å²) in [4.78, 5) is 14.4. The van der Waals surface area contributed by atoms with Crippen LogP contribution in [0.4, 0.5) is 11.4 Å². The van der Waals surface area contributed by atoms with Crippen molar-refractivity contribution in [2.24, 2.45) is 5.41 Å². The molecule has 1 aromatic rings. The third-order valence-corrected chi connectivity index (χ3v) is 4.39. The highest BCUT2D eigenvalue weighted by atomic mass is 16.1. The number of carbonyl (C=O) groups is 1. The number of amides is 1. The molecule has 0 saturated carbocycles. The number of nitrogen functional groups attached to an aromatic ring is 1. The smallest absolute Gasteiger partial charge is 0.225 e. The number of hydrogen-bond donors (Lipinski definition) is 2. The largest absolute Gasteiger partial charge is 0.399 e. The maximum Gasteiger partial charge on any atom is 0.225 e. The van der Waals surface area contributed by atoms with E-state index in [4.69, 9.17) is 5.73 Å². The normalized spacial score (nSPS) is 18.4. The van der Waals surface area contributed by atoms with Gasteiger partial charge in [-0.25, -0.2) is 0 Å². The lowest BCUT2D eigenvalue weighted by Crippen LogP contribution is -2.38. The van der Waals surface area contributed by atoms with E-state index in [2.05, 4.69) is 24.1 Å². The van der Waals surface area contributed by atoms with Gasteiger partial charge in [0, 0.05) is 24.3 Å². The van der Waals surface area contributed by atoms with E-state index in [1.54, 1.807) is 0 Å². The van der Waals surface area contributed by atoms with E-state index in [-0.39, 0.29) is 5.91 Å². The Bertz CT molecular complexity index is 501. The molecule has 0 spiro atoms. The molecule has 0 radical (unpaired) electrons. The van der Waals surface area contributed by atoms with Gasteiger partial charge in [0.05, 0.1) is 0 Å². The second-order valence-electron chi connectivity index (χ2n) is 6.88. The predicted octanol–water partition coefficient (Wildman–Crippen LogP) is 3.03. The Kier molecular flexibility index (Phi) is 4.88. The van der Waals surface area contributed by atoms with Gasteiger partial charge in [0.1, 0.15) is 0 Å². The van der Waals surface area contributed by atoms with Crippen LogP contribution in [0.3, 0.4) is 0 Å². The van der Waals surface area contributed by atoms with Crippen LogP contribution in [0.1, 0.15) is 38.7 Å². The van der Waals surface area contributed by atoms with Gasteiger partial charge in [-0.1, -0.05) is 13.8 Å². The van der Waals surface area contributed by atoms with Crippen LogP contribution in [-0.2, 0) is 4.79 Å². The summed E-state index contributed by atoms with van der Waals surface area (Å²) < 4.78 is 0. The van der Waals surface area contributed by atoms with Crippen molar-refractivity contribution in [2.45, 2.75) is 40.0 Å². The molecule has 0 bridgehead atoms. The van der Waals surface area contributed by atoms with Gasteiger partial charge in [-0.3, -0.25) is 4.79 Å². The molecule has 1 aromatic carbocycles. The van der Waals surface area contributed by atoms with Crippen LogP contribution in [0.2, 0.25) is 0 Å². The number of piperidine rings is 1. The number of rotatable bonds is 4. The summed E-state index contributed by atoms with van der Waals surface area (Å²) in [5.41, 5.74) is 8.76. The molecule has 2 rings (SSSR count). The van der Waals surface area contributed by atoms with Crippen LogP contribution >= 0.6 is 0 Å². The number of aryl methyl sites for hydroxylation is 1. The molecule has 0 aromatic heterocycles. The second kappa shape index (κ2) is 6.48. The molecule has 1 aliphatic heterocycles. The Labute approximate surface area is 127 Å². The van der Waals surface area contributed by atoms with Crippen LogP contribution in [0.15, 0.2) is 18.2 Å². The number of nitrogens with one attached hydrogen (secondary N) is 1. The molecule has 0 atom stereocenters. The zero-order valence-corrected chi connectivity index (χ0v) is 13.4. The summed E-state index contributed by atoms with van der Waals surface area (Å²) in [5, 5.41) is 2.97. The number of likely N-dealkylation sites (tertiary alicyclic amines) is 1. The molecule has 1 heterocycles. The van der Waals surface area contributed by atoms with Gasteiger partial charge < -0.3 is 16.0 Å². The van der Waals surface area contributed by atoms with E-state index in [0.29, 0.717) is 11.8 Å². The molecule has 1 fully saturated rings. The van der Waals surface area contributed by atoms with Crippen molar-refractivity contribution in [2.75, 3.05) is 30.7 Å². The first-order valence-corrected chi connectivity index (χ1v) is 7.74. The molecule has 0 aliphatic carbocycles. The highest BCUT2D eigenvalue weighted by molar-refractivity contribution is 5.91. The quantitative estimate of drug-likeness (QED) is 0.838. The minimum atomic E-state index is 0.0766. The van der Waals surface area contributed by atoms with Gasteiger partial charge in [0.2, 0.25) is 5.91 Å². The molecule has 4 nitrogen and oxygen atoms in total. The van der Waals surface area contributed by atoms with Gasteiger partial charge in [-0.2, -0.15) is 0 Å². The van der Waals surface area contributed by atoms with Crippen molar-refractivity contribution >= 4 is 17.3 Å². The van der Waals surface area contributed by atoms with Crippen molar-refractivity contribution in [3.63, 3.8) is 0 Å². The number of nitrogens with two attached hydrogens (primary N) is 1. The summed E-state index contributed by atoms with van der Waals surface area (Å²) in [6, 6.07) is 5.56. The monoisotopic (exact) mass is 289 g/mol. The second-order valence-corrected chi connectivity index (χ2v) is 6.88. The lowest BCUT2D eigenvalue weighted by Gasteiger charge is -2.36. The van der Waals surface area contributed by atoms with Crippen LogP contribution < -0.4 is 11.1 Å². The van der Waals surface area contributed by atoms with E-state index in [1.807, 2.05) is 25.1 Å². The van der Waals surface area contributed by atoms with Gasteiger partial charge in [0.15, 0.2) is 0 Å². The number of benzene rings is 1. The lowest BCUT2D eigenvalue weighted by atomic mass is 9.83. The molecular formula is C17H27N3O. The third kappa shape index (κ3) is 4.74. The third-order valence-electron chi connectivity index (χ3n) is 4.39. The fourth-order valence-corrected chi connectivity index (χ4v) is 2.68. The topological polar surface area (TPSA) is 58.4 Å². The summed E-state index contributed by atoms with van der Waals surface area (Å²) in [7, 11) is 0. The first-order valence-electron chi connectivity index (χ1n) is 7.74. The minimum Gasteiger partial charge on any atom is -0.399 e.